The molecule has 1 N–H and O–H groups in total. The molecule has 6 nitrogen and oxygen atoms in total. The molecule has 1 aliphatic rings. The molecule has 1 atom stereocenters. The van der Waals surface area contributed by atoms with Crippen LogP contribution >= 0.6 is 11.6 Å². The zero-order valence-corrected chi connectivity index (χ0v) is 12.8. The molecule has 116 valence electrons. The highest BCUT2D eigenvalue weighted by atomic mass is 35.5. The van der Waals surface area contributed by atoms with Crippen molar-refractivity contribution in [1.29, 1.82) is 0 Å². The van der Waals surface area contributed by atoms with Gasteiger partial charge < -0.3 is 14.7 Å². The highest BCUT2D eigenvalue weighted by molar-refractivity contribution is 6.31. The molecular formula is C15H14ClNO5. The van der Waals surface area contributed by atoms with E-state index in [0.717, 1.165) is 4.90 Å². The van der Waals surface area contributed by atoms with E-state index < -0.39 is 36.0 Å². The molecule has 0 saturated heterocycles. The molecule has 1 aromatic rings. The highest BCUT2D eigenvalue weighted by Crippen LogP contribution is 2.40. The van der Waals surface area contributed by atoms with Gasteiger partial charge in [0.05, 0.1) is 18.7 Å². The number of nitrogens with zero attached hydrogens (tertiary/aromatic N) is 1. The number of benzene rings is 1. The summed E-state index contributed by atoms with van der Waals surface area (Å²) in [5, 5.41) is 10.3. The second kappa shape index (κ2) is 6.19. The second-order valence-electron chi connectivity index (χ2n) is 4.75. The Labute approximate surface area is 131 Å². The molecule has 1 heterocycles. The maximum Gasteiger partial charge on any atom is 0.325 e. The largest absolute Gasteiger partial charge is 0.503 e. The van der Waals surface area contributed by atoms with Crippen LogP contribution in [-0.2, 0) is 19.1 Å². The van der Waals surface area contributed by atoms with Crippen molar-refractivity contribution in [2.75, 3.05) is 13.7 Å². The number of aliphatic hydroxyl groups is 1. The highest BCUT2D eigenvalue weighted by Gasteiger charge is 2.43. The quantitative estimate of drug-likeness (QED) is 0.854. The van der Waals surface area contributed by atoms with Crippen LogP contribution in [0.5, 0.6) is 0 Å². The van der Waals surface area contributed by atoms with Crippen LogP contribution in [0.25, 0.3) is 0 Å². The molecule has 0 aromatic heterocycles. The number of rotatable bonds is 4. The number of carbonyl (C=O) groups is 3. The van der Waals surface area contributed by atoms with Crippen LogP contribution in [0.3, 0.4) is 0 Å². The van der Waals surface area contributed by atoms with Crippen molar-refractivity contribution in [3.8, 4) is 0 Å². The van der Waals surface area contributed by atoms with Gasteiger partial charge in [-0.05, 0) is 18.6 Å². The maximum atomic E-state index is 12.2. The number of hydrogen-bond donors (Lipinski definition) is 1. The summed E-state index contributed by atoms with van der Waals surface area (Å²) in [5.74, 6) is -2.60. The molecule has 1 unspecified atom stereocenters. The van der Waals surface area contributed by atoms with Crippen LogP contribution in [0.1, 0.15) is 18.5 Å². The zero-order chi connectivity index (χ0) is 16.4. The summed E-state index contributed by atoms with van der Waals surface area (Å²) in [4.78, 5) is 36.6. The molecule has 22 heavy (non-hydrogen) atoms. The number of amides is 1. The molecule has 1 amide bonds. The minimum absolute atomic E-state index is 0.0815. The standard InChI is InChI=1S/C15H14ClNO5/c1-8(18)12-13(9-5-3-4-6-10(9)16)17(7-11(19)22-2)15(21)14(12)20/h3-6,13,20H,7H2,1-2H3. The van der Waals surface area contributed by atoms with Crippen molar-refractivity contribution in [2.45, 2.75) is 13.0 Å². The van der Waals surface area contributed by atoms with Crippen molar-refractivity contribution >= 4 is 29.3 Å². The van der Waals surface area contributed by atoms with Gasteiger partial charge in [0.1, 0.15) is 6.54 Å². The van der Waals surface area contributed by atoms with E-state index >= 15 is 0 Å². The molecule has 0 spiro atoms. The Balaban J connectivity index is 2.56. The molecule has 1 aromatic carbocycles. The van der Waals surface area contributed by atoms with Crippen LogP contribution in [0.2, 0.25) is 5.02 Å². The third kappa shape index (κ3) is 2.69. The first kappa shape index (κ1) is 16.0. The summed E-state index contributed by atoms with van der Waals surface area (Å²) in [5.41, 5.74) is 0.373. The van der Waals surface area contributed by atoms with E-state index in [2.05, 4.69) is 4.74 Å². The van der Waals surface area contributed by atoms with Gasteiger partial charge in [-0.2, -0.15) is 0 Å². The molecule has 0 bridgehead atoms. The number of ketones is 1. The van der Waals surface area contributed by atoms with Crippen molar-refractivity contribution < 1.29 is 24.2 Å². The van der Waals surface area contributed by atoms with Gasteiger partial charge in [-0.25, -0.2) is 0 Å². The normalized spacial score (nSPS) is 17.9. The van der Waals surface area contributed by atoms with Crippen molar-refractivity contribution in [1.82, 2.24) is 4.90 Å². The van der Waals surface area contributed by atoms with Gasteiger partial charge in [0.25, 0.3) is 5.91 Å². The summed E-state index contributed by atoms with van der Waals surface area (Å²) in [6.45, 7) is 0.844. The fourth-order valence-electron chi connectivity index (χ4n) is 2.40. The van der Waals surface area contributed by atoms with Gasteiger partial charge in [-0.3, -0.25) is 14.4 Å². The van der Waals surface area contributed by atoms with E-state index in [9.17, 15) is 19.5 Å². The summed E-state index contributed by atoms with van der Waals surface area (Å²) in [7, 11) is 1.19. The van der Waals surface area contributed by atoms with Crippen molar-refractivity contribution in [3.05, 3.63) is 46.2 Å². The second-order valence-corrected chi connectivity index (χ2v) is 5.16. The minimum atomic E-state index is -0.919. The maximum absolute atomic E-state index is 12.2. The first-order valence-electron chi connectivity index (χ1n) is 6.44. The fourth-order valence-corrected chi connectivity index (χ4v) is 2.64. The van der Waals surface area contributed by atoms with E-state index in [1.165, 1.54) is 14.0 Å². The number of esters is 1. The van der Waals surface area contributed by atoms with Crippen LogP contribution in [0.15, 0.2) is 35.6 Å². The Kier molecular flexibility index (Phi) is 4.51. The number of halogens is 1. The smallest absolute Gasteiger partial charge is 0.325 e. The van der Waals surface area contributed by atoms with Gasteiger partial charge in [0.15, 0.2) is 11.5 Å². The van der Waals surface area contributed by atoms with Gasteiger partial charge >= 0.3 is 5.97 Å². The summed E-state index contributed by atoms with van der Waals surface area (Å²) in [6, 6.07) is 5.70. The lowest BCUT2D eigenvalue weighted by Gasteiger charge is -2.26. The predicted molar refractivity (Wildman–Crippen MR) is 78.3 cm³/mol. The Morgan fingerprint density at radius 1 is 1.36 bits per heavy atom. The molecular weight excluding hydrogens is 310 g/mol. The average molecular weight is 324 g/mol. The number of carbonyl (C=O) groups excluding carboxylic acids is 3. The van der Waals surface area contributed by atoms with Gasteiger partial charge in [0, 0.05) is 5.02 Å². The fraction of sp³-hybridized carbons (Fsp3) is 0.267. The van der Waals surface area contributed by atoms with E-state index in [-0.39, 0.29) is 5.57 Å². The molecule has 1 aliphatic heterocycles. The monoisotopic (exact) mass is 323 g/mol. The SMILES string of the molecule is COC(=O)CN1C(=O)C(O)=C(C(C)=O)C1c1ccccc1Cl. The lowest BCUT2D eigenvalue weighted by atomic mass is 9.97. The van der Waals surface area contributed by atoms with Crippen LogP contribution < -0.4 is 0 Å². The van der Waals surface area contributed by atoms with E-state index in [1.807, 2.05) is 0 Å². The number of methoxy groups -OCH3 is 1. The lowest BCUT2D eigenvalue weighted by Crippen LogP contribution is -2.36. The molecule has 0 radical (unpaired) electrons. The van der Waals surface area contributed by atoms with Gasteiger partial charge in [-0.15, -0.1) is 0 Å². The van der Waals surface area contributed by atoms with Gasteiger partial charge in [0.2, 0.25) is 0 Å². The number of hydrogen-bond acceptors (Lipinski definition) is 5. The number of Topliss-reactive ketones (excluding diaryl/α,β-unsaturated/α-hetero) is 1. The predicted octanol–water partition coefficient (Wildman–Crippen LogP) is 1.80. The van der Waals surface area contributed by atoms with E-state index in [1.54, 1.807) is 24.3 Å². The molecule has 7 heteroatoms. The van der Waals surface area contributed by atoms with Crippen LogP contribution in [-0.4, -0.2) is 41.3 Å². The molecule has 0 aliphatic carbocycles. The average Bonchev–Trinajstić information content (AvgIpc) is 2.72. The van der Waals surface area contributed by atoms with Gasteiger partial charge in [-0.1, -0.05) is 29.8 Å². The summed E-state index contributed by atoms with van der Waals surface area (Å²) in [6.07, 6.45) is 0. The Bertz CT molecular complexity index is 682. The lowest BCUT2D eigenvalue weighted by molar-refractivity contribution is -0.146. The van der Waals surface area contributed by atoms with Crippen molar-refractivity contribution in [3.63, 3.8) is 0 Å². The van der Waals surface area contributed by atoms with Crippen LogP contribution in [0.4, 0.5) is 0 Å². The Morgan fingerprint density at radius 3 is 2.55 bits per heavy atom. The van der Waals surface area contributed by atoms with Crippen LogP contribution in [0, 0.1) is 0 Å². The van der Waals surface area contributed by atoms with E-state index in [0.29, 0.717) is 10.6 Å². The third-order valence-electron chi connectivity index (χ3n) is 3.41. The van der Waals surface area contributed by atoms with Crippen molar-refractivity contribution in [2.24, 2.45) is 0 Å². The molecule has 0 saturated carbocycles. The zero-order valence-electron chi connectivity index (χ0n) is 12.0. The Hall–Kier alpha value is -2.34. The van der Waals surface area contributed by atoms with E-state index in [4.69, 9.17) is 11.6 Å². The number of ether oxygens (including phenoxy) is 1. The first-order valence-corrected chi connectivity index (χ1v) is 6.82. The summed E-state index contributed by atoms with van der Waals surface area (Å²) >= 11 is 6.14. The molecule has 0 fully saturated rings. The topological polar surface area (TPSA) is 83.9 Å². The minimum Gasteiger partial charge on any atom is -0.503 e. The number of aliphatic hydroxyl groups excluding tert-OH is 1. The summed E-state index contributed by atoms with van der Waals surface area (Å²) < 4.78 is 4.55. The Morgan fingerprint density at radius 2 is 2.00 bits per heavy atom. The third-order valence-corrected chi connectivity index (χ3v) is 3.75. The first-order chi connectivity index (χ1) is 10.4. The molecule has 2 rings (SSSR count).